The summed E-state index contributed by atoms with van der Waals surface area (Å²) in [7, 11) is 0. The first-order chi connectivity index (χ1) is 15.7. The summed E-state index contributed by atoms with van der Waals surface area (Å²) in [5.41, 5.74) is 8.27. The minimum Gasteiger partial charge on any atom is -0.352 e. The maximum absolute atomic E-state index is 14.1. The molecule has 7 heteroatoms. The second-order valence-electron chi connectivity index (χ2n) is 8.22. The van der Waals surface area contributed by atoms with E-state index in [-0.39, 0.29) is 5.82 Å². The van der Waals surface area contributed by atoms with Crippen LogP contribution in [0.3, 0.4) is 0 Å². The van der Waals surface area contributed by atoms with Gasteiger partial charge in [0.15, 0.2) is 0 Å². The number of H-pyrrole nitrogens is 2. The van der Waals surface area contributed by atoms with Gasteiger partial charge < -0.3 is 10.3 Å². The third-order valence-electron chi connectivity index (χ3n) is 5.99. The van der Waals surface area contributed by atoms with E-state index < -0.39 is 0 Å². The van der Waals surface area contributed by atoms with E-state index in [9.17, 15) is 4.39 Å². The van der Waals surface area contributed by atoms with Gasteiger partial charge in [0.25, 0.3) is 0 Å². The monoisotopic (exact) mass is 424 g/mol. The fourth-order valence-electron chi connectivity index (χ4n) is 4.45. The summed E-state index contributed by atoms with van der Waals surface area (Å²) in [5.74, 6) is -0.252. The highest BCUT2D eigenvalue weighted by molar-refractivity contribution is 6.00. The Morgan fingerprint density at radius 1 is 0.969 bits per heavy atom. The SMILES string of the molecule is Cc1cc(F)cc(-c2cncc3[nH]c(-c4n[nH]c5cnc(C6=CCNCC6)cc45)cc23)c1. The lowest BCUT2D eigenvalue weighted by molar-refractivity contribution is 0.627. The molecule has 4 aromatic heterocycles. The topological polar surface area (TPSA) is 82.3 Å². The Kier molecular flexibility index (Phi) is 4.36. The Bertz CT molecular complexity index is 1490. The third kappa shape index (κ3) is 3.18. The van der Waals surface area contributed by atoms with Crippen molar-refractivity contribution in [1.29, 1.82) is 0 Å². The number of nitrogens with zero attached hydrogens (tertiary/aromatic N) is 3. The highest BCUT2D eigenvalue weighted by atomic mass is 19.1. The molecule has 0 saturated carbocycles. The molecule has 0 atom stereocenters. The molecule has 5 aromatic rings. The Hall–Kier alpha value is -3.84. The molecular formula is C25H21FN6. The zero-order valence-electron chi connectivity index (χ0n) is 17.5. The van der Waals surface area contributed by atoms with Crippen LogP contribution in [0.25, 0.3) is 49.9 Å². The molecule has 0 bridgehead atoms. The van der Waals surface area contributed by atoms with Crippen molar-refractivity contribution in [3.05, 3.63) is 72.1 Å². The second kappa shape index (κ2) is 7.39. The lowest BCUT2D eigenvalue weighted by Crippen LogP contribution is -2.20. The number of hydrogen-bond donors (Lipinski definition) is 3. The van der Waals surface area contributed by atoms with Crippen LogP contribution in [0.2, 0.25) is 0 Å². The van der Waals surface area contributed by atoms with E-state index in [0.717, 1.165) is 75.1 Å². The number of pyridine rings is 2. The zero-order valence-corrected chi connectivity index (χ0v) is 17.5. The van der Waals surface area contributed by atoms with Crippen LogP contribution in [-0.4, -0.2) is 38.2 Å². The highest BCUT2D eigenvalue weighted by Gasteiger charge is 2.16. The first kappa shape index (κ1) is 18.9. The van der Waals surface area contributed by atoms with Crippen molar-refractivity contribution in [2.24, 2.45) is 0 Å². The molecule has 158 valence electrons. The summed E-state index contributed by atoms with van der Waals surface area (Å²) in [5, 5.41) is 13.0. The van der Waals surface area contributed by atoms with Gasteiger partial charge in [-0.05, 0) is 60.9 Å². The van der Waals surface area contributed by atoms with Crippen LogP contribution in [0.15, 0.2) is 55.0 Å². The summed E-state index contributed by atoms with van der Waals surface area (Å²) in [6, 6.07) is 9.21. The van der Waals surface area contributed by atoms with Crippen molar-refractivity contribution >= 4 is 27.4 Å². The summed E-state index contributed by atoms with van der Waals surface area (Å²) in [6.07, 6.45) is 8.56. The van der Waals surface area contributed by atoms with E-state index in [1.54, 1.807) is 18.5 Å². The van der Waals surface area contributed by atoms with Gasteiger partial charge in [0, 0.05) is 29.1 Å². The highest BCUT2D eigenvalue weighted by Crippen LogP contribution is 2.34. The predicted octanol–water partition coefficient (Wildman–Crippen LogP) is 4.99. The smallest absolute Gasteiger partial charge is 0.124 e. The average molecular weight is 424 g/mol. The van der Waals surface area contributed by atoms with E-state index in [1.807, 2.05) is 19.2 Å². The molecule has 3 N–H and O–H groups in total. The molecule has 0 fully saturated rings. The summed E-state index contributed by atoms with van der Waals surface area (Å²) >= 11 is 0. The molecule has 1 aliphatic rings. The molecule has 6 nitrogen and oxygen atoms in total. The number of aryl methyl sites for hydroxylation is 1. The van der Waals surface area contributed by atoms with Crippen LogP contribution in [0.4, 0.5) is 4.39 Å². The number of rotatable bonds is 3. The Morgan fingerprint density at radius 3 is 2.75 bits per heavy atom. The Balaban J connectivity index is 1.49. The van der Waals surface area contributed by atoms with Crippen LogP contribution in [0.5, 0.6) is 0 Å². The van der Waals surface area contributed by atoms with E-state index in [1.165, 1.54) is 11.6 Å². The quantitative estimate of drug-likeness (QED) is 0.381. The first-order valence-electron chi connectivity index (χ1n) is 10.6. The number of nitrogens with one attached hydrogen (secondary N) is 3. The van der Waals surface area contributed by atoms with Gasteiger partial charge >= 0.3 is 0 Å². The molecule has 0 radical (unpaired) electrons. The van der Waals surface area contributed by atoms with E-state index in [0.29, 0.717) is 0 Å². The van der Waals surface area contributed by atoms with Crippen molar-refractivity contribution in [3.63, 3.8) is 0 Å². The van der Waals surface area contributed by atoms with Gasteiger partial charge in [-0.15, -0.1) is 0 Å². The summed E-state index contributed by atoms with van der Waals surface area (Å²) in [4.78, 5) is 12.4. The standard InChI is InChI=1S/C25H21FN6/c1-14-6-16(8-17(26)7-14)20-11-28-12-23-18(20)9-22(30-23)25-19-10-21(15-2-4-27-5-3-15)29-13-24(19)31-32-25/h2,6-13,27,30H,3-5H2,1H3,(H,31,32). The zero-order chi connectivity index (χ0) is 21.7. The minimum atomic E-state index is -0.252. The number of hydrogen-bond acceptors (Lipinski definition) is 4. The van der Waals surface area contributed by atoms with Crippen molar-refractivity contribution in [2.45, 2.75) is 13.3 Å². The maximum atomic E-state index is 14.1. The number of aromatic nitrogens is 5. The van der Waals surface area contributed by atoms with Crippen molar-refractivity contribution in [2.75, 3.05) is 13.1 Å². The normalized spacial score (nSPS) is 14.2. The molecule has 0 spiro atoms. The molecule has 0 amide bonds. The van der Waals surface area contributed by atoms with E-state index in [4.69, 9.17) is 0 Å². The van der Waals surface area contributed by atoms with Gasteiger partial charge in [0.1, 0.15) is 11.5 Å². The van der Waals surface area contributed by atoms with Crippen LogP contribution in [0, 0.1) is 12.7 Å². The molecule has 32 heavy (non-hydrogen) atoms. The molecule has 1 aliphatic heterocycles. The van der Waals surface area contributed by atoms with Crippen LogP contribution in [0.1, 0.15) is 17.7 Å². The third-order valence-corrected chi connectivity index (χ3v) is 5.99. The molecule has 5 heterocycles. The average Bonchev–Trinajstić information content (AvgIpc) is 3.42. The number of aromatic amines is 2. The lowest BCUT2D eigenvalue weighted by Gasteiger charge is -2.13. The molecule has 0 unspecified atom stereocenters. The first-order valence-corrected chi connectivity index (χ1v) is 10.6. The van der Waals surface area contributed by atoms with Crippen molar-refractivity contribution in [1.82, 2.24) is 30.5 Å². The molecule has 1 aromatic carbocycles. The number of fused-ring (bicyclic) bond motifs is 2. The Morgan fingerprint density at radius 2 is 1.91 bits per heavy atom. The van der Waals surface area contributed by atoms with Gasteiger partial charge in [0.05, 0.1) is 34.8 Å². The van der Waals surface area contributed by atoms with E-state index in [2.05, 4.69) is 48.7 Å². The van der Waals surface area contributed by atoms with Gasteiger partial charge in [-0.2, -0.15) is 5.10 Å². The fraction of sp³-hybridized carbons (Fsp3) is 0.160. The van der Waals surface area contributed by atoms with Gasteiger partial charge in [-0.3, -0.25) is 15.1 Å². The molecule has 0 aliphatic carbocycles. The van der Waals surface area contributed by atoms with Crippen LogP contribution >= 0.6 is 0 Å². The number of halogens is 1. The lowest BCUT2D eigenvalue weighted by atomic mass is 10.0. The van der Waals surface area contributed by atoms with Crippen LogP contribution < -0.4 is 5.32 Å². The van der Waals surface area contributed by atoms with Gasteiger partial charge in [0.2, 0.25) is 0 Å². The summed E-state index contributed by atoms with van der Waals surface area (Å²) in [6.45, 7) is 3.72. The predicted molar refractivity (Wildman–Crippen MR) is 125 cm³/mol. The number of benzene rings is 1. The largest absolute Gasteiger partial charge is 0.352 e. The maximum Gasteiger partial charge on any atom is 0.124 e. The Labute approximate surface area is 183 Å². The van der Waals surface area contributed by atoms with Crippen molar-refractivity contribution < 1.29 is 4.39 Å². The fourth-order valence-corrected chi connectivity index (χ4v) is 4.45. The molecule has 6 rings (SSSR count). The van der Waals surface area contributed by atoms with Crippen molar-refractivity contribution in [3.8, 4) is 22.5 Å². The van der Waals surface area contributed by atoms with Gasteiger partial charge in [-0.1, -0.05) is 12.1 Å². The molecular weight excluding hydrogens is 403 g/mol. The molecule has 0 saturated heterocycles. The second-order valence-corrected chi connectivity index (χ2v) is 8.22. The van der Waals surface area contributed by atoms with Gasteiger partial charge in [-0.25, -0.2) is 4.39 Å². The minimum absolute atomic E-state index is 0.252. The van der Waals surface area contributed by atoms with Crippen LogP contribution in [-0.2, 0) is 0 Å². The van der Waals surface area contributed by atoms with E-state index >= 15 is 0 Å². The summed E-state index contributed by atoms with van der Waals surface area (Å²) < 4.78 is 14.1.